The monoisotopic (exact) mass is 240 g/mol. The molecule has 16 heavy (non-hydrogen) atoms. The average molecular weight is 241 g/mol. The first-order valence-corrected chi connectivity index (χ1v) is 5.51. The molecule has 1 heterocycles. The highest BCUT2D eigenvalue weighted by molar-refractivity contribution is 6.31. The van der Waals surface area contributed by atoms with Crippen LogP contribution in [0.2, 0.25) is 5.02 Å². The molecule has 1 amide bonds. The van der Waals surface area contributed by atoms with Crippen LogP contribution < -0.4 is 15.8 Å². The number of nitrogens with one attached hydrogen (secondary N) is 1. The van der Waals surface area contributed by atoms with Gasteiger partial charge in [0.1, 0.15) is 11.9 Å². The minimum atomic E-state index is -0.525. The van der Waals surface area contributed by atoms with Gasteiger partial charge in [-0.15, -0.1) is 0 Å². The highest BCUT2D eigenvalue weighted by Crippen LogP contribution is 2.24. The maximum Gasteiger partial charge on any atom is 0.252 e. The van der Waals surface area contributed by atoms with Crippen LogP contribution in [0.3, 0.4) is 0 Å². The average Bonchev–Trinajstić information content (AvgIpc) is 2.73. The molecule has 1 unspecified atom stereocenters. The van der Waals surface area contributed by atoms with Crippen molar-refractivity contribution >= 4 is 17.5 Å². The molecular weight excluding hydrogens is 228 g/mol. The molecule has 0 spiro atoms. The molecular formula is C11H13ClN2O2. The Morgan fingerprint density at radius 1 is 1.56 bits per heavy atom. The van der Waals surface area contributed by atoms with E-state index in [9.17, 15) is 4.79 Å². The number of carbonyl (C=O) groups excluding carboxylic acids is 1. The lowest BCUT2D eigenvalue weighted by Crippen LogP contribution is -2.22. The van der Waals surface area contributed by atoms with Gasteiger partial charge in [-0.05, 0) is 31.2 Å². The summed E-state index contributed by atoms with van der Waals surface area (Å²) >= 11 is 5.80. The lowest BCUT2D eigenvalue weighted by atomic mass is 10.2. The molecule has 5 heteroatoms. The van der Waals surface area contributed by atoms with Gasteiger partial charge >= 0.3 is 0 Å². The third-order valence-electron chi connectivity index (χ3n) is 2.52. The SMILES string of the molecule is NC(=O)c1cc(Cl)ccc1OC1CCNC1. The van der Waals surface area contributed by atoms with E-state index < -0.39 is 5.91 Å². The standard InChI is InChI=1S/C11H13ClN2O2/c12-7-1-2-10(9(5-7)11(13)15)16-8-3-4-14-6-8/h1-2,5,8,14H,3-4,6H2,(H2,13,15). The Balaban J connectivity index is 2.21. The minimum absolute atomic E-state index is 0.0966. The first kappa shape index (κ1) is 11.2. The Morgan fingerprint density at radius 3 is 3.00 bits per heavy atom. The first-order valence-electron chi connectivity index (χ1n) is 5.13. The van der Waals surface area contributed by atoms with Crippen LogP contribution in [0.5, 0.6) is 5.75 Å². The number of ether oxygens (including phenoxy) is 1. The molecule has 0 bridgehead atoms. The van der Waals surface area contributed by atoms with Gasteiger partial charge < -0.3 is 15.8 Å². The fourth-order valence-electron chi connectivity index (χ4n) is 1.71. The van der Waals surface area contributed by atoms with Crippen LogP contribution >= 0.6 is 11.6 Å². The second kappa shape index (κ2) is 4.72. The normalized spacial score (nSPS) is 19.7. The zero-order valence-electron chi connectivity index (χ0n) is 8.70. The third kappa shape index (κ3) is 2.46. The van der Waals surface area contributed by atoms with Gasteiger partial charge in [0.05, 0.1) is 5.56 Å². The van der Waals surface area contributed by atoms with Gasteiger partial charge in [0, 0.05) is 11.6 Å². The van der Waals surface area contributed by atoms with Crippen LogP contribution in [-0.4, -0.2) is 25.1 Å². The number of hydrogen-bond acceptors (Lipinski definition) is 3. The number of rotatable bonds is 3. The molecule has 86 valence electrons. The van der Waals surface area contributed by atoms with Crippen LogP contribution in [0.4, 0.5) is 0 Å². The maximum atomic E-state index is 11.2. The van der Waals surface area contributed by atoms with E-state index in [2.05, 4.69) is 5.32 Å². The Morgan fingerprint density at radius 2 is 2.38 bits per heavy atom. The molecule has 0 radical (unpaired) electrons. The Kier molecular flexibility index (Phi) is 3.31. The van der Waals surface area contributed by atoms with E-state index in [1.807, 2.05) is 0 Å². The Labute approximate surface area is 98.7 Å². The van der Waals surface area contributed by atoms with E-state index in [4.69, 9.17) is 22.1 Å². The molecule has 1 aliphatic heterocycles. The first-order chi connectivity index (χ1) is 7.66. The second-order valence-corrected chi connectivity index (χ2v) is 4.17. The summed E-state index contributed by atoms with van der Waals surface area (Å²) in [5.74, 6) is -0.0194. The third-order valence-corrected chi connectivity index (χ3v) is 2.75. The van der Waals surface area contributed by atoms with E-state index in [0.29, 0.717) is 16.3 Å². The topological polar surface area (TPSA) is 64.4 Å². The summed E-state index contributed by atoms with van der Waals surface area (Å²) in [5, 5.41) is 3.66. The molecule has 1 saturated heterocycles. The van der Waals surface area contributed by atoms with Crippen molar-refractivity contribution in [2.24, 2.45) is 5.73 Å². The van der Waals surface area contributed by atoms with Crippen LogP contribution in [0.25, 0.3) is 0 Å². The lowest BCUT2D eigenvalue weighted by Gasteiger charge is -2.14. The van der Waals surface area contributed by atoms with Gasteiger partial charge in [0.2, 0.25) is 0 Å². The van der Waals surface area contributed by atoms with Gasteiger partial charge in [-0.1, -0.05) is 11.6 Å². The number of amides is 1. The zero-order valence-corrected chi connectivity index (χ0v) is 9.46. The Hall–Kier alpha value is -1.26. The van der Waals surface area contributed by atoms with E-state index in [0.717, 1.165) is 19.5 Å². The Bertz CT molecular complexity index is 403. The van der Waals surface area contributed by atoms with Crippen molar-refractivity contribution in [2.75, 3.05) is 13.1 Å². The summed E-state index contributed by atoms with van der Waals surface area (Å²) in [7, 11) is 0. The molecule has 2 rings (SSSR count). The molecule has 0 aliphatic carbocycles. The summed E-state index contributed by atoms with van der Waals surface area (Å²) in [4.78, 5) is 11.2. The molecule has 1 aromatic rings. The molecule has 1 atom stereocenters. The highest BCUT2D eigenvalue weighted by atomic mass is 35.5. The number of primary amides is 1. The molecule has 1 aromatic carbocycles. The van der Waals surface area contributed by atoms with Crippen LogP contribution in [0.15, 0.2) is 18.2 Å². The van der Waals surface area contributed by atoms with E-state index >= 15 is 0 Å². The quantitative estimate of drug-likeness (QED) is 0.834. The van der Waals surface area contributed by atoms with Gasteiger partial charge in [-0.3, -0.25) is 4.79 Å². The summed E-state index contributed by atoms with van der Waals surface area (Å²) in [5.41, 5.74) is 5.60. The van der Waals surface area contributed by atoms with Gasteiger partial charge in [0.25, 0.3) is 5.91 Å². The minimum Gasteiger partial charge on any atom is -0.488 e. The lowest BCUT2D eigenvalue weighted by molar-refractivity contribution is 0.0994. The summed E-state index contributed by atoms with van der Waals surface area (Å²) in [6, 6.07) is 4.90. The molecule has 0 saturated carbocycles. The molecule has 3 N–H and O–H groups in total. The van der Waals surface area contributed by atoms with Gasteiger partial charge in [0.15, 0.2) is 0 Å². The van der Waals surface area contributed by atoms with Crippen LogP contribution in [0.1, 0.15) is 16.8 Å². The summed E-state index contributed by atoms with van der Waals surface area (Å²) in [6.45, 7) is 1.73. The van der Waals surface area contributed by atoms with E-state index in [1.54, 1.807) is 12.1 Å². The highest BCUT2D eigenvalue weighted by Gasteiger charge is 2.19. The number of carbonyl (C=O) groups is 1. The summed E-state index contributed by atoms with van der Waals surface area (Å²) in [6.07, 6.45) is 1.03. The van der Waals surface area contributed by atoms with Crippen molar-refractivity contribution in [3.63, 3.8) is 0 Å². The number of halogens is 1. The van der Waals surface area contributed by atoms with Crippen molar-refractivity contribution in [2.45, 2.75) is 12.5 Å². The zero-order chi connectivity index (χ0) is 11.5. The van der Waals surface area contributed by atoms with Crippen molar-refractivity contribution in [3.8, 4) is 5.75 Å². The summed E-state index contributed by atoms with van der Waals surface area (Å²) < 4.78 is 5.70. The fraction of sp³-hybridized carbons (Fsp3) is 0.364. The smallest absolute Gasteiger partial charge is 0.252 e. The number of benzene rings is 1. The van der Waals surface area contributed by atoms with E-state index in [1.165, 1.54) is 6.07 Å². The fourth-order valence-corrected chi connectivity index (χ4v) is 1.88. The van der Waals surface area contributed by atoms with E-state index in [-0.39, 0.29) is 6.10 Å². The maximum absolute atomic E-state index is 11.2. The van der Waals surface area contributed by atoms with Crippen molar-refractivity contribution in [1.29, 1.82) is 0 Å². The molecule has 1 aliphatic rings. The van der Waals surface area contributed by atoms with Crippen molar-refractivity contribution in [1.82, 2.24) is 5.32 Å². The van der Waals surface area contributed by atoms with Crippen molar-refractivity contribution < 1.29 is 9.53 Å². The van der Waals surface area contributed by atoms with Crippen LogP contribution in [-0.2, 0) is 0 Å². The molecule has 1 fully saturated rings. The van der Waals surface area contributed by atoms with Crippen LogP contribution in [0, 0.1) is 0 Å². The van der Waals surface area contributed by atoms with Crippen molar-refractivity contribution in [3.05, 3.63) is 28.8 Å². The molecule has 4 nitrogen and oxygen atoms in total. The number of hydrogen-bond donors (Lipinski definition) is 2. The predicted octanol–water partition coefficient (Wildman–Crippen LogP) is 1.18. The number of nitrogens with two attached hydrogens (primary N) is 1. The second-order valence-electron chi connectivity index (χ2n) is 3.74. The van der Waals surface area contributed by atoms with Gasteiger partial charge in [-0.25, -0.2) is 0 Å². The largest absolute Gasteiger partial charge is 0.488 e. The molecule has 0 aromatic heterocycles. The van der Waals surface area contributed by atoms with Gasteiger partial charge in [-0.2, -0.15) is 0 Å². The predicted molar refractivity (Wildman–Crippen MR) is 61.9 cm³/mol.